The van der Waals surface area contributed by atoms with Crippen LogP contribution in [0.1, 0.15) is 56.1 Å². The maximum atomic E-state index is 10.4. The normalized spacial score (nSPS) is 41.3. The van der Waals surface area contributed by atoms with Gasteiger partial charge >= 0.3 is 143 Å². The average Bonchev–Trinajstić information content (AvgIpc) is 2.78. The molecule has 0 radical (unpaired) electrons. The molecule has 2 nitrogen and oxygen atoms in total. The van der Waals surface area contributed by atoms with E-state index in [4.69, 9.17) is 0 Å². The van der Waals surface area contributed by atoms with Gasteiger partial charge in [-0.15, -0.1) is 0 Å². The van der Waals surface area contributed by atoms with Crippen molar-refractivity contribution < 1.29 is 36.3 Å². The second-order valence-corrected chi connectivity index (χ2v) is 10.4. The van der Waals surface area contributed by atoms with Gasteiger partial charge in [-0.25, -0.2) is 0 Å². The molecule has 0 amide bonds. The van der Waals surface area contributed by atoms with Gasteiger partial charge in [0.2, 0.25) is 0 Å². The van der Waals surface area contributed by atoms with E-state index in [2.05, 4.69) is 13.0 Å². The molecule has 3 unspecified atom stereocenters. The molecular formula is C18H23HgO2. The van der Waals surface area contributed by atoms with Crippen LogP contribution in [0.2, 0.25) is 0 Å². The molecular weight excluding hydrogens is 449 g/mol. The number of phenolic OH excluding ortho intramolecular Hbond substituents is 1. The molecule has 0 aliphatic heterocycles. The van der Waals surface area contributed by atoms with Crippen molar-refractivity contribution in [3.05, 3.63) is 23.3 Å². The number of aliphatic hydroxyl groups is 1. The molecule has 0 saturated heterocycles. The zero-order valence-electron chi connectivity index (χ0n) is 12.8. The van der Waals surface area contributed by atoms with Gasteiger partial charge in [0.15, 0.2) is 0 Å². The molecule has 0 spiro atoms. The Kier molecular flexibility index (Phi) is 3.42. The van der Waals surface area contributed by atoms with Gasteiger partial charge in [0.25, 0.3) is 0 Å². The first-order chi connectivity index (χ1) is 10.0. The van der Waals surface area contributed by atoms with Crippen molar-refractivity contribution in [1.82, 2.24) is 0 Å². The quantitative estimate of drug-likeness (QED) is 0.571. The molecule has 1 aromatic carbocycles. The first kappa shape index (κ1) is 14.5. The monoisotopic (exact) mass is 473 g/mol. The topological polar surface area (TPSA) is 40.5 Å². The summed E-state index contributed by atoms with van der Waals surface area (Å²) in [6.07, 6.45) is 6.93. The number of hydrogen-bond donors (Lipinski definition) is 2. The Morgan fingerprint density at radius 3 is 2.81 bits per heavy atom. The van der Waals surface area contributed by atoms with Crippen molar-refractivity contribution >= 4 is 3.07 Å². The fraction of sp³-hybridized carbons (Fsp3) is 0.667. The summed E-state index contributed by atoms with van der Waals surface area (Å²) in [5.74, 6) is 2.67. The maximum absolute atomic E-state index is 10.4. The Labute approximate surface area is 142 Å². The van der Waals surface area contributed by atoms with E-state index in [1.165, 1.54) is 39.9 Å². The van der Waals surface area contributed by atoms with Crippen LogP contribution in [-0.4, -0.2) is 16.3 Å². The predicted octanol–water partition coefficient (Wildman–Crippen LogP) is 2.78. The van der Waals surface area contributed by atoms with Crippen molar-refractivity contribution in [2.45, 2.75) is 57.5 Å². The average molecular weight is 472 g/mol. The standard InChI is InChI=1S/C18H23O2.Hg/c1-18-9-8-14-13-5-3-12(19)10-11(13)2-4-15(14)16(18)6-7-17(18)20;/h3,5,14-17,19-20H,2,4,6-9H2,1H3;/t14?,15?,16?,17-,18-;/m0./s1. The molecule has 21 heavy (non-hydrogen) atoms. The van der Waals surface area contributed by atoms with Crippen LogP contribution >= 0.6 is 0 Å². The molecule has 3 aliphatic rings. The van der Waals surface area contributed by atoms with Gasteiger partial charge in [-0.2, -0.15) is 0 Å². The Hall–Kier alpha value is -0.0849. The van der Waals surface area contributed by atoms with Crippen molar-refractivity contribution in [1.29, 1.82) is 0 Å². The number of aromatic hydroxyl groups is 1. The van der Waals surface area contributed by atoms with Crippen LogP contribution in [0.4, 0.5) is 0 Å². The van der Waals surface area contributed by atoms with Gasteiger partial charge in [-0.3, -0.25) is 0 Å². The molecule has 3 aliphatic carbocycles. The first-order valence-electron chi connectivity index (χ1n) is 8.37. The van der Waals surface area contributed by atoms with Gasteiger partial charge in [-0.05, 0) is 0 Å². The summed E-state index contributed by atoms with van der Waals surface area (Å²) >= 11 is 0.488. The summed E-state index contributed by atoms with van der Waals surface area (Å²) < 4.78 is 1.28. The van der Waals surface area contributed by atoms with Crippen LogP contribution < -0.4 is 3.07 Å². The third-order valence-electron chi connectivity index (χ3n) is 6.96. The Bertz CT molecular complexity index is 585. The summed E-state index contributed by atoms with van der Waals surface area (Å²) in [5, 5.41) is 20.4. The second kappa shape index (κ2) is 4.96. The van der Waals surface area contributed by atoms with E-state index in [1.807, 2.05) is 6.07 Å². The molecule has 0 heterocycles. The van der Waals surface area contributed by atoms with E-state index in [9.17, 15) is 10.2 Å². The number of benzene rings is 1. The van der Waals surface area contributed by atoms with Crippen molar-refractivity contribution in [2.24, 2.45) is 17.3 Å². The fourth-order valence-corrected chi connectivity index (χ4v) is 7.64. The number of hydrogen-bond acceptors (Lipinski definition) is 2. The molecule has 2 fully saturated rings. The summed E-state index contributed by atoms with van der Waals surface area (Å²) in [6.45, 7) is 2.33. The zero-order chi connectivity index (χ0) is 14.8. The van der Waals surface area contributed by atoms with Crippen LogP contribution in [0.3, 0.4) is 0 Å². The number of rotatable bonds is 0. The molecule has 5 atom stereocenters. The predicted molar refractivity (Wildman–Crippen MR) is 78.4 cm³/mol. The van der Waals surface area contributed by atoms with Gasteiger partial charge in [0, 0.05) is 0 Å². The van der Waals surface area contributed by atoms with Crippen LogP contribution in [0.5, 0.6) is 5.75 Å². The van der Waals surface area contributed by atoms with E-state index in [0.717, 1.165) is 18.8 Å². The second-order valence-electron chi connectivity index (χ2n) is 7.68. The van der Waals surface area contributed by atoms with E-state index < -0.39 is 0 Å². The minimum absolute atomic E-state index is 0.0817. The summed E-state index contributed by atoms with van der Waals surface area (Å²) in [6, 6.07) is 4.13. The summed E-state index contributed by atoms with van der Waals surface area (Å²) in [4.78, 5) is 0. The Balaban J connectivity index is 1.74. The van der Waals surface area contributed by atoms with Crippen LogP contribution in [0.25, 0.3) is 0 Å². The molecule has 109 valence electrons. The van der Waals surface area contributed by atoms with E-state index in [-0.39, 0.29) is 11.5 Å². The third kappa shape index (κ3) is 1.97. The third-order valence-corrected chi connectivity index (χ3v) is 10.0. The van der Waals surface area contributed by atoms with Crippen LogP contribution in [0, 0.1) is 17.3 Å². The van der Waals surface area contributed by atoms with Crippen LogP contribution in [0.15, 0.2) is 12.1 Å². The molecule has 1 aromatic rings. The summed E-state index contributed by atoms with van der Waals surface area (Å²) in [7, 11) is 0. The van der Waals surface area contributed by atoms with Crippen molar-refractivity contribution in [2.75, 3.05) is 0 Å². The zero-order valence-corrected chi connectivity index (χ0v) is 18.3. The van der Waals surface area contributed by atoms with E-state index in [0.29, 0.717) is 43.7 Å². The van der Waals surface area contributed by atoms with Gasteiger partial charge < -0.3 is 0 Å². The van der Waals surface area contributed by atoms with Gasteiger partial charge in [0.05, 0.1) is 0 Å². The molecule has 0 bridgehead atoms. The fourth-order valence-electron chi connectivity index (χ4n) is 5.70. The van der Waals surface area contributed by atoms with E-state index in [1.54, 1.807) is 0 Å². The SMILES string of the molecule is C[C@]12CCC3c4ccc(O)[c]([Hg])c4CCC3C1CC[C@@H]2O. The van der Waals surface area contributed by atoms with Gasteiger partial charge in [0.1, 0.15) is 0 Å². The first-order valence-corrected chi connectivity index (χ1v) is 11.1. The van der Waals surface area contributed by atoms with Crippen LogP contribution in [-0.2, 0) is 32.5 Å². The molecule has 2 N–H and O–H groups in total. The molecule has 0 aromatic heterocycles. The van der Waals surface area contributed by atoms with Crippen molar-refractivity contribution in [3.63, 3.8) is 0 Å². The number of phenols is 1. The Morgan fingerprint density at radius 1 is 1.19 bits per heavy atom. The van der Waals surface area contributed by atoms with Gasteiger partial charge in [-0.1, -0.05) is 0 Å². The summed E-state index contributed by atoms with van der Waals surface area (Å²) in [5.41, 5.74) is 3.20. The minimum atomic E-state index is -0.0817. The molecule has 4 rings (SSSR count). The Morgan fingerprint density at radius 2 is 2.00 bits per heavy atom. The van der Waals surface area contributed by atoms with Crippen molar-refractivity contribution in [3.8, 4) is 5.75 Å². The molecule has 2 saturated carbocycles. The number of fused-ring (bicyclic) bond motifs is 5. The molecule has 3 heteroatoms. The number of aliphatic hydroxyl groups excluding tert-OH is 1. The van der Waals surface area contributed by atoms with E-state index >= 15 is 0 Å².